The topological polar surface area (TPSA) is 236 Å². The molecule has 456 valence electrons. The Bertz CT molecular complexity index is 3870. The molecule has 11 rings (SSSR count). The van der Waals surface area contributed by atoms with Crippen molar-refractivity contribution in [3.05, 3.63) is 158 Å². The average Bonchev–Trinajstić information content (AvgIpc) is 1.79. The number of methoxy groups -OCH3 is 2. The van der Waals surface area contributed by atoms with Gasteiger partial charge >= 0.3 is 12.2 Å². The fourth-order valence-electron chi connectivity index (χ4n) is 11.1. The highest BCUT2D eigenvalue weighted by molar-refractivity contribution is 7.17. The summed E-state index contributed by atoms with van der Waals surface area (Å²) in [5.74, 6) is 1.18. The Labute approximate surface area is 511 Å². The minimum absolute atomic E-state index is 0.105. The van der Waals surface area contributed by atoms with Gasteiger partial charge in [0.2, 0.25) is 0 Å². The van der Waals surface area contributed by atoms with Gasteiger partial charge in [0, 0.05) is 87.8 Å². The summed E-state index contributed by atoms with van der Waals surface area (Å²) in [6.45, 7) is 8.02. The number of likely N-dealkylation sites (tertiary alicyclic amines) is 2. The molecule has 7 heterocycles. The molecule has 4 amide bonds. The van der Waals surface area contributed by atoms with Crippen molar-refractivity contribution in [1.82, 2.24) is 39.1 Å². The molecule has 2 atom stereocenters. The van der Waals surface area contributed by atoms with Gasteiger partial charge < -0.3 is 58.4 Å². The maximum atomic E-state index is 13.8. The minimum Gasteiger partial charge on any atom is -0.494 e. The van der Waals surface area contributed by atoms with Crippen LogP contribution < -0.4 is 25.4 Å². The Morgan fingerprint density at radius 1 is 0.690 bits per heavy atom. The van der Waals surface area contributed by atoms with Crippen LogP contribution in [0.1, 0.15) is 94.7 Å². The molecule has 5 aromatic heterocycles. The number of anilines is 1. The molecule has 2 fully saturated rings. The number of fused-ring (bicyclic) bond motifs is 3. The number of rotatable bonds is 16. The van der Waals surface area contributed by atoms with Crippen LogP contribution in [0.2, 0.25) is 0 Å². The van der Waals surface area contributed by atoms with E-state index in [-0.39, 0.29) is 66.3 Å². The summed E-state index contributed by atoms with van der Waals surface area (Å²) >= 11 is 3.40. The van der Waals surface area contributed by atoms with E-state index in [0.29, 0.717) is 42.9 Å². The summed E-state index contributed by atoms with van der Waals surface area (Å²) in [6.07, 6.45) is 4.74. The number of aromatic nitrogens is 4. The van der Waals surface area contributed by atoms with Crippen LogP contribution in [-0.4, -0.2) is 123 Å². The largest absolute Gasteiger partial charge is 0.494 e. The smallest absolute Gasteiger partial charge is 0.407 e. The molecule has 0 aliphatic carbocycles. The lowest BCUT2D eigenvalue weighted by atomic mass is 10.1. The first-order chi connectivity index (χ1) is 42.2. The Morgan fingerprint density at radius 3 is 1.71 bits per heavy atom. The van der Waals surface area contributed by atoms with Crippen molar-refractivity contribution < 1.29 is 47.8 Å². The number of hydrogen-bond acceptors (Lipinski definition) is 15. The lowest BCUT2D eigenvalue weighted by Gasteiger charge is -2.25. The molecule has 9 aromatic rings. The van der Waals surface area contributed by atoms with Crippen molar-refractivity contribution in [1.29, 1.82) is 0 Å². The van der Waals surface area contributed by atoms with E-state index >= 15 is 0 Å². The molecule has 0 unspecified atom stereocenters. The zero-order valence-electron chi connectivity index (χ0n) is 49.6. The second-order valence-corrected chi connectivity index (χ2v) is 22.8. The lowest BCUT2D eigenvalue weighted by molar-refractivity contribution is -0.384. The number of nitrogens with zero attached hydrogens (tertiary/aromatic N) is 7. The van der Waals surface area contributed by atoms with Crippen LogP contribution in [0.15, 0.2) is 120 Å². The van der Waals surface area contributed by atoms with Gasteiger partial charge in [-0.05, 0) is 117 Å². The van der Waals surface area contributed by atoms with Crippen molar-refractivity contribution in [3.63, 3.8) is 0 Å². The molecule has 87 heavy (non-hydrogen) atoms. The maximum Gasteiger partial charge on any atom is 0.407 e. The van der Waals surface area contributed by atoms with Crippen molar-refractivity contribution in [2.75, 3.05) is 52.8 Å². The van der Waals surface area contributed by atoms with Gasteiger partial charge in [0.25, 0.3) is 17.5 Å². The number of nitrogens with one attached hydrogen (secondary N) is 3. The number of carbonyl (C=O) groups is 5. The number of aryl methyl sites for hydroxylation is 3. The van der Waals surface area contributed by atoms with E-state index in [2.05, 4.69) is 45.0 Å². The number of alkyl carbamates (subject to hydrolysis) is 2. The number of carbonyl (C=O) groups excluding carboxylic acids is 5. The summed E-state index contributed by atoms with van der Waals surface area (Å²) < 4.78 is 28.1. The molecule has 2 aliphatic heterocycles. The first-order valence-corrected chi connectivity index (χ1v) is 30.7. The third-order valence-corrected chi connectivity index (χ3v) is 17.3. The Kier molecular flexibility index (Phi) is 20.9. The number of imidazole rings is 1. The Hall–Kier alpha value is -9.22. The molecule has 0 bridgehead atoms. The molecule has 2 saturated heterocycles. The Balaban J connectivity index is 0.000000177. The number of amides is 4. The van der Waals surface area contributed by atoms with Crippen molar-refractivity contribution in [3.8, 4) is 23.0 Å². The summed E-state index contributed by atoms with van der Waals surface area (Å²) in [5.41, 5.74) is 5.80. The highest BCUT2D eigenvalue weighted by Gasteiger charge is 2.30. The predicted molar refractivity (Wildman–Crippen MR) is 338 cm³/mol. The van der Waals surface area contributed by atoms with E-state index in [0.717, 1.165) is 85.3 Å². The molecular weight excluding hydrogens is 1150 g/mol. The van der Waals surface area contributed by atoms with Crippen molar-refractivity contribution in [2.45, 2.75) is 90.8 Å². The molecule has 2 aliphatic rings. The van der Waals surface area contributed by atoms with Crippen LogP contribution >= 0.6 is 22.7 Å². The molecule has 23 heteroatoms. The van der Waals surface area contributed by atoms with Gasteiger partial charge in [-0.3, -0.25) is 24.5 Å². The normalized spacial score (nSPS) is 15.0. The van der Waals surface area contributed by atoms with Crippen LogP contribution in [0.4, 0.5) is 21.0 Å². The third kappa shape index (κ3) is 14.7. The SMILES string of the molecule is CCn1c(-c2nc3cc(C(=O)N4CCCC[C@@H](NC(=O)OCc5ccccc5)C4)cc(OC)c3n2C)cc2ccsc21.CCn1c(C=O)cc2ccsc21.CNc1c(OC)cc(C(=O)N2CCCC[C@@H](NC(=O)OCc3ccccc3)C2)cc1[N+](=O)[O-]. The zero-order valence-corrected chi connectivity index (χ0v) is 51.2. The van der Waals surface area contributed by atoms with Gasteiger partial charge in [-0.1, -0.05) is 60.7 Å². The number of hydrogen-bond donors (Lipinski definition) is 3. The first kappa shape index (κ1) is 62.3. The second kappa shape index (κ2) is 29.2. The minimum atomic E-state index is -0.555. The van der Waals surface area contributed by atoms with Gasteiger partial charge in [-0.15, -0.1) is 22.7 Å². The van der Waals surface area contributed by atoms with Gasteiger partial charge in [0.15, 0.2) is 17.8 Å². The average molecular weight is 1220 g/mol. The number of nitro benzene ring substituents is 1. The third-order valence-electron chi connectivity index (χ3n) is 15.4. The quantitative estimate of drug-likeness (QED) is 0.0464. The lowest BCUT2D eigenvalue weighted by Crippen LogP contribution is -2.44. The number of aldehydes is 1. The second-order valence-electron chi connectivity index (χ2n) is 21.0. The van der Waals surface area contributed by atoms with Crippen LogP contribution in [0.3, 0.4) is 0 Å². The monoisotopic (exact) mass is 1220 g/mol. The summed E-state index contributed by atoms with van der Waals surface area (Å²) in [6, 6.07) is 33.1. The fraction of sp³-hybridized carbons (Fsp3) is 0.344. The predicted octanol–water partition coefficient (Wildman–Crippen LogP) is 12.3. The zero-order chi connectivity index (χ0) is 61.6. The molecule has 0 spiro atoms. The van der Waals surface area contributed by atoms with Crippen LogP contribution in [0.25, 0.3) is 43.0 Å². The van der Waals surface area contributed by atoms with Crippen LogP contribution in [0.5, 0.6) is 11.5 Å². The maximum absolute atomic E-state index is 13.8. The number of nitro groups is 1. The van der Waals surface area contributed by atoms with Crippen molar-refractivity contribution >= 4 is 95.8 Å². The van der Waals surface area contributed by atoms with Gasteiger partial charge in [0.05, 0.1) is 41.6 Å². The van der Waals surface area contributed by atoms with Gasteiger partial charge in [-0.25, -0.2) is 14.6 Å². The van der Waals surface area contributed by atoms with E-state index < -0.39 is 17.1 Å². The molecule has 21 nitrogen and oxygen atoms in total. The first-order valence-electron chi connectivity index (χ1n) is 29.0. The van der Waals surface area contributed by atoms with Gasteiger partial charge in [-0.2, -0.15) is 0 Å². The molecule has 0 saturated carbocycles. The highest BCUT2D eigenvalue weighted by Crippen LogP contribution is 2.38. The number of benzene rings is 4. The van der Waals surface area contributed by atoms with E-state index in [9.17, 15) is 34.1 Å². The van der Waals surface area contributed by atoms with E-state index in [1.165, 1.54) is 39.7 Å². The Morgan fingerprint density at radius 2 is 1.21 bits per heavy atom. The summed E-state index contributed by atoms with van der Waals surface area (Å²) in [4.78, 5) is 84.3. The van der Waals surface area contributed by atoms with E-state index in [1.807, 2.05) is 112 Å². The summed E-state index contributed by atoms with van der Waals surface area (Å²) in [5, 5.41) is 26.6. The van der Waals surface area contributed by atoms with Crippen LogP contribution in [0, 0.1) is 10.1 Å². The highest BCUT2D eigenvalue weighted by atomic mass is 32.1. The van der Waals surface area contributed by atoms with E-state index in [1.54, 1.807) is 47.8 Å². The number of ether oxygens (including phenoxy) is 4. The molecule has 3 N–H and O–H groups in total. The van der Waals surface area contributed by atoms with Gasteiger partial charge in [0.1, 0.15) is 39.9 Å². The summed E-state index contributed by atoms with van der Waals surface area (Å²) in [7, 11) is 6.54. The molecule has 0 radical (unpaired) electrons. The number of thiophene rings is 2. The standard InChI is InChI=1S/C32H35N5O4S.C23H28N4O6.C9H9NOS/c1-4-37-26(17-22-13-15-42-31(22)37)29-34-25-16-23(18-27(40-3)28(25)35(29)2)30(38)36-14-9-8-12-24(19-36)33-32(39)41-20-21-10-6-5-7-11-21;1-24-21-19(27(30)31)12-17(13-20(21)32-2)22(28)26-11-7-6-10-18(14-26)25-23(29)33-15-16-8-4-3-5-9-16;1-2-10-8(6-11)5-7-3-4-12-9(7)10/h5-7,10-11,13,15-18,24H,4,8-9,12,14,19-20H2,1-3H3,(H,33,39);3-5,8-9,12-13,18,24H,6-7,10-11,14-15H2,1-2H3,(H,25,29);3-6H,2H2,1H3/t24-;18-;/m11./s1. The van der Waals surface area contributed by atoms with Crippen LogP contribution in [-0.2, 0) is 42.8 Å². The van der Waals surface area contributed by atoms with E-state index in [4.69, 9.17) is 23.9 Å². The van der Waals surface area contributed by atoms with Crippen molar-refractivity contribution in [2.24, 2.45) is 7.05 Å². The molecule has 4 aromatic carbocycles. The fourth-order valence-corrected chi connectivity index (χ4v) is 13.0. The molecular formula is C64H72N10O11S2.